The van der Waals surface area contributed by atoms with E-state index in [0.29, 0.717) is 21.9 Å². The van der Waals surface area contributed by atoms with Crippen LogP contribution in [0.25, 0.3) is 23.0 Å². The van der Waals surface area contributed by atoms with E-state index in [1.807, 2.05) is 54.6 Å². The molecule has 0 radical (unpaired) electrons. The number of carbonyl (C=O) groups is 2. The van der Waals surface area contributed by atoms with E-state index in [0.717, 1.165) is 33.5 Å². The number of thiocarbonyl (C=S) groups is 1. The SMILES string of the molecule is O=C(O)CN1C(=O)/C(=C/c2cn(-c3ccccc3)nc2-c2cccc(OCc3ccc(F)cc3)c2)SC1=S. The van der Waals surface area contributed by atoms with Crippen LogP contribution >= 0.6 is 24.0 Å². The smallest absolute Gasteiger partial charge is 0.323 e. The van der Waals surface area contributed by atoms with Crippen molar-refractivity contribution in [2.45, 2.75) is 6.61 Å². The van der Waals surface area contributed by atoms with E-state index >= 15 is 0 Å². The second-order valence-corrected chi connectivity index (χ2v) is 9.99. The van der Waals surface area contributed by atoms with Gasteiger partial charge in [-0.1, -0.05) is 66.4 Å². The summed E-state index contributed by atoms with van der Waals surface area (Å²) in [5.74, 6) is -1.31. The number of rotatable bonds is 8. The number of carbonyl (C=O) groups excluding carboxylic acids is 1. The first-order chi connectivity index (χ1) is 18.4. The number of nitrogens with zero attached hydrogens (tertiary/aromatic N) is 3. The van der Waals surface area contributed by atoms with Gasteiger partial charge in [-0.25, -0.2) is 9.07 Å². The van der Waals surface area contributed by atoms with Crippen LogP contribution in [-0.4, -0.2) is 42.5 Å². The summed E-state index contributed by atoms with van der Waals surface area (Å²) in [4.78, 5) is 25.5. The molecule has 1 aliphatic heterocycles. The first-order valence-electron chi connectivity index (χ1n) is 11.5. The number of halogens is 1. The van der Waals surface area contributed by atoms with Gasteiger partial charge in [-0.3, -0.25) is 14.5 Å². The molecule has 2 heterocycles. The number of aliphatic carboxylic acids is 1. The Morgan fingerprint density at radius 1 is 1.08 bits per heavy atom. The lowest BCUT2D eigenvalue weighted by Crippen LogP contribution is -2.33. The molecular formula is C28H20FN3O4S2. The normalized spacial score (nSPS) is 14.3. The molecule has 0 spiro atoms. The summed E-state index contributed by atoms with van der Waals surface area (Å²) in [6.45, 7) is -0.229. The van der Waals surface area contributed by atoms with Gasteiger partial charge in [0.05, 0.1) is 10.6 Å². The predicted octanol–water partition coefficient (Wildman–Crippen LogP) is 5.54. The largest absolute Gasteiger partial charge is 0.489 e. The van der Waals surface area contributed by atoms with Gasteiger partial charge in [0, 0.05) is 17.3 Å². The number of thioether (sulfide) groups is 1. The maximum atomic E-state index is 13.2. The number of para-hydroxylation sites is 1. The van der Waals surface area contributed by atoms with E-state index in [-0.39, 0.29) is 16.7 Å². The number of hydrogen-bond acceptors (Lipinski definition) is 6. The third-order valence-corrected chi connectivity index (χ3v) is 7.02. The van der Waals surface area contributed by atoms with Crippen molar-refractivity contribution in [3.8, 4) is 22.7 Å². The lowest BCUT2D eigenvalue weighted by Gasteiger charge is -2.10. The van der Waals surface area contributed by atoms with Crippen LogP contribution in [0, 0.1) is 5.82 Å². The average Bonchev–Trinajstić information content (AvgIpc) is 3.45. The lowest BCUT2D eigenvalue weighted by atomic mass is 10.1. The molecule has 1 amide bonds. The van der Waals surface area contributed by atoms with Gasteiger partial charge >= 0.3 is 5.97 Å². The molecule has 1 aliphatic rings. The van der Waals surface area contributed by atoms with Crippen molar-refractivity contribution >= 4 is 46.3 Å². The van der Waals surface area contributed by atoms with E-state index in [2.05, 4.69) is 0 Å². The second-order valence-electron chi connectivity index (χ2n) is 8.32. The van der Waals surface area contributed by atoms with E-state index in [4.69, 9.17) is 27.2 Å². The van der Waals surface area contributed by atoms with Gasteiger partial charge in [-0.2, -0.15) is 5.10 Å². The molecular weight excluding hydrogens is 525 g/mol. The van der Waals surface area contributed by atoms with Crippen LogP contribution < -0.4 is 4.74 Å². The number of aromatic nitrogens is 2. The van der Waals surface area contributed by atoms with Crippen LogP contribution in [0.15, 0.2) is 90.0 Å². The molecule has 0 saturated carbocycles. The Hall–Kier alpha value is -4.28. The molecule has 5 rings (SSSR count). The molecule has 0 atom stereocenters. The second kappa shape index (κ2) is 11.0. The van der Waals surface area contributed by atoms with Gasteiger partial charge in [0.2, 0.25) is 0 Å². The first-order valence-corrected chi connectivity index (χ1v) is 12.7. The predicted molar refractivity (Wildman–Crippen MR) is 147 cm³/mol. The fourth-order valence-corrected chi connectivity index (χ4v) is 5.07. The van der Waals surface area contributed by atoms with Crippen LogP contribution in [0.4, 0.5) is 4.39 Å². The van der Waals surface area contributed by atoms with Gasteiger partial charge in [0.1, 0.15) is 34.7 Å². The van der Waals surface area contributed by atoms with Crippen LogP contribution in [0.1, 0.15) is 11.1 Å². The minimum absolute atomic E-state index is 0.192. The molecule has 0 unspecified atom stereocenters. The van der Waals surface area contributed by atoms with Crippen molar-refractivity contribution in [1.29, 1.82) is 0 Å². The number of carboxylic acid groups (broad SMARTS) is 1. The summed E-state index contributed by atoms with van der Waals surface area (Å²) in [6, 6.07) is 23.0. The quantitative estimate of drug-likeness (QED) is 0.230. The van der Waals surface area contributed by atoms with E-state index < -0.39 is 18.4 Å². The van der Waals surface area contributed by atoms with E-state index in [1.54, 1.807) is 29.1 Å². The molecule has 0 aliphatic carbocycles. The Morgan fingerprint density at radius 2 is 1.84 bits per heavy atom. The topological polar surface area (TPSA) is 84.7 Å². The molecule has 0 bridgehead atoms. The molecule has 4 aromatic rings. The van der Waals surface area contributed by atoms with Crippen molar-refractivity contribution in [3.05, 3.63) is 107 Å². The Labute approximate surface area is 227 Å². The molecule has 1 aromatic heterocycles. The third kappa shape index (κ3) is 5.66. The summed E-state index contributed by atoms with van der Waals surface area (Å²) < 4.78 is 21.0. The Kier molecular flexibility index (Phi) is 7.34. The van der Waals surface area contributed by atoms with E-state index in [9.17, 15) is 14.0 Å². The fourth-order valence-electron chi connectivity index (χ4n) is 3.82. The lowest BCUT2D eigenvalue weighted by molar-refractivity contribution is -0.140. The first kappa shape index (κ1) is 25.4. The Morgan fingerprint density at radius 3 is 2.58 bits per heavy atom. The van der Waals surface area contributed by atoms with Gasteiger partial charge in [0.15, 0.2) is 0 Å². The van der Waals surface area contributed by atoms with Crippen LogP contribution in [0.2, 0.25) is 0 Å². The zero-order valence-corrected chi connectivity index (χ0v) is 21.4. The number of benzene rings is 3. The monoisotopic (exact) mass is 545 g/mol. The zero-order valence-electron chi connectivity index (χ0n) is 19.8. The van der Waals surface area contributed by atoms with Gasteiger partial charge < -0.3 is 9.84 Å². The molecule has 1 N–H and O–H groups in total. The summed E-state index contributed by atoms with van der Waals surface area (Å²) in [5.41, 5.74) is 3.67. The van der Waals surface area contributed by atoms with Gasteiger partial charge in [0.25, 0.3) is 5.91 Å². The molecule has 190 valence electrons. The third-order valence-electron chi connectivity index (χ3n) is 5.64. The maximum Gasteiger partial charge on any atom is 0.323 e. The van der Waals surface area contributed by atoms with Gasteiger partial charge in [-0.05, 0) is 48.0 Å². The summed E-state index contributed by atoms with van der Waals surface area (Å²) >= 11 is 6.29. The van der Waals surface area contributed by atoms with Crippen LogP contribution in [-0.2, 0) is 16.2 Å². The number of amides is 1. The Bertz CT molecular complexity index is 1550. The highest BCUT2D eigenvalue weighted by Gasteiger charge is 2.33. The zero-order chi connectivity index (χ0) is 26.6. The standard InChI is InChI=1S/C28H20FN3O4S2/c29-21-11-9-18(10-12-21)17-36-23-8-4-5-19(13-23)26-20(15-32(30-26)22-6-2-1-3-7-22)14-24-27(35)31(16-25(33)34)28(37)38-24/h1-15H,16-17H2,(H,33,34)/b24-14-. The minimum Gasteiger partial charge on any atom is -0.489 e. The van der Waals surface area contributed by atoms with Crippen molar-refractivity contribution in [2.24, 2.45) is 0 Å². The molecule has 1 saturated heterocycles. The van der Waals surface area contributed by atoms with Crippen molar-refractivity contribution in [1.82, 2.24) is 14.7 Å². The summed E-state index contributed by atoms with van der Waals surface area (Å²) in [7, 11) is 0. The maximum absolute atomic E-state index is 13.2. The van der Waals surface area contributed by atoms with Gasteiger partial charge in [-0.15, -0.1) is 0 Å². The van der Waals surface area contributed by atoms with Crippen molar-refractivity contribution < 1.29 is 23.8 Å². The molecule has 10 heteroatoms. The number of ether oxygens (including phenoxy) is 1. The highest BCUT2D eigenvalue weighted by atomic mass is 32.2. The molecule has 7 nitrogen and oxygen atoms in total. The van der Waals surface area contributed by atoms with Crippen molar-refractivity contribution in [3.63, 3.8) is 0 Å². The Balaban J connectivity index is 1.49. The number of carboxylic acids is 1. The minimum atomic E-state index is -1.14. The fraction of sp³-hybridized carbons (Fsp3) is 0.0714. The number of hydrogen-bond donors (Lipinski definition) is 1. The highest BCUT2D eigenvalue weighted by molar-refractivity contribution is 8.26. The molecule has 3 aromatic carbocycles. The molecule has 38 heavy (non-hydrogen) atoms. The summed E-state index contributed by atoms with van der Waals surface area (Å²) in [6.07, 6.45) is 3.48. The van der Waals surface area contributed by atoms with Crippen LogP contribution in [0.3, 0.4) is 0 Å². The van der Waals surface area contributed by atoms with Crippen molar-refractivity contribution in [2.75, 3.05) is 6.54 Å². The highest BCUT2D eigenvalue weighted by Crippen LogP contribution is 2.35. The van der Waals surface area contributed by atoms with E-state index in [1.165, 1.54) is 12.1 Å². The molecule has 1 fully saturated rings. The van der Waals surface area contributed by atoms with Crippen LogP contribution in [0.5, 0.6) is 5.75 Å². The average molecular weight is 546 g/mol. The summed E-state index contributed by atoms with van der Waals surface area (Å²) in [5, 5.41) is 13.9.